The van der Waals surface area contributed by atoms with Crippen LogP contribution in [0.3, 0.4) is 0 Å². The molecule has 0 spiro atoms. The number of H-pyrrole nitrogens is 1. The van der Waals surface area contributed by atoms with Crippen LogP contribution in [0.2, 0.25) is 0 Å². The van der Waals surface area contributed by atoms with Crippen LogP contribution in [0.5, 0.6) is 0 Å². The van der Waals surface area contributed by atoms with Crippen molar-refractivity contribution in [1.29, 1.82) is 0 Å². The van der Waals surface area contributed by atoms with E-state index in [1.807, 2.05) is 24.3 Å². The highest BCUT2D eigenvalue weighted by Gasteiger charge is 2.24. The number of aromatic amines is 1. The summed E-state index contributed by atoms with van der Waals surface area (Å²) in [5.41, 5.74) is 9.22. The predicted octanol–water partition coefficient (Wildman–Crippen LogP) is 3.76. The topological polar surface area (TPSA) is 75.0 Å². The number of rotatable bonds is 5. The summed E-state index contributed by atoms with van der Waals surface area (Å²) in [6.45, 7) is 2.08. The maximum absolute atomic E-state index is 13.3. The molecule has 150 valence electrons. The van der Waals surface area contributed by atoms with Crippen LogP contribution >= 0.6 is 0 Å². The number of hydrogen-bond acceptors (Lipinski definition) is 4. The third-order valence-electron chi connectivity index (χ3n) is 5.49. The summed E-state index contributed by atoms with van der Waals surface area (Å²) in [6, 6.07) is 16.7. The van der Waals surface area contributed by atoms with Crippen LogP contribution in [-0.4, -0.2) is 21.4 Å². The Kier molecular flexibility index (Phi) is 5.83. The average molecular weight is 392 g/mol. The first-order valence-electron chi connectivity index (χ1n) is 10.0. The maximum atomic E-state index is 13.3. The molecule has 2 aromatic carbocycles. The van der Waals surface area contributed by atoms with Gasteiger partial charge in [0, 0.05) is 30.8 Å². The summed E-state index contributed by atoms with van der Waals surface area (Å²) in [5.74, 6) is 0.337. The van der Waals surface area contributed by atoms with Gasteiger partial charge in [0.2, 0.25) is 0 Å². The standard InChI is InChI=1S/C23H25FN4O/c24-19-10-8-17(9-11-19)21-3-1-2-12-28(21)15-16-4-6-18(7-5-16)23-26-20(14-25)13-22(29)27-23/h4-11,13,21H,1-3,12,14-15,25H2,(H,26,27,29). The van der Waals surface area contributed by atoms with Gasteiger partial charge in [-0.05, 0) is 42.6 Å². The normalized spacial score (nSPS) is 17.4. The molecule has 0 bridgehead atoms. The lowest BCUT2D eigenvalue weighted by Gasteiger charge is -2.36. The quantitative estimate of drug-likeness (QED) is 0.693. The Hall–Kier alpha value is -2.83. The summed E-state index contributed by atoms with van der Waals surface area (Å²) in [5, 5.41) is 0. The molecule has 6 heteroatoms. The Morgan fingerprint density at radius 2 is 1.86 bits per heavy atom. The minimum absolute atomic E-state index is 0.197. The zero-order valence-electron chi connectivity index (χ0n) is 16.3. The van der Waals surface area contributed by atoms with Gasteiger partial charge in [-0.1, -0.05) is 42.8 Å². The number of benzene rings is 2. The van der Waals surface area contributed by atoms with Crippen LogP contribution in [0.4, 0.5) is 4.39 Å². The van der Waals surface area contributed by atoms with Crippen LogP contribution in [-0.2, 0) is 13.1 Å². The first-order valence-corrected chi connectivity index (χ1v) is 10.0. The van der Waals surface area contributed by atoms with Gasteiger partial charge in [0.15, 0.2) is 0 Å². The SMILES string of the molecule is NCc1cc(=O)[nH]c(-c2ccc(CN3CCCCC3c3ccc(F)cc3)cc2)n1. The number of piperidine rings is 1. The molecule has 0 saturated carbocycles. The summed E-state index contributed by atoms with van der Waals surface area (Å²) >= 11 is 0. The highest BCUT2D eigenvalue weighted by molar-refractivity contribution is 5.55. The lowest BCUT2D eigenvalue weighted by molar-refractivity contribution is 0.140. The Morgan fingerprint density at radius 3 is 2.59 bits per heavy atom. The molecule has 5 nitrogen and oxygen atoms in total. The monoisotopic (exact) mass is 392 g/mol. The van der Waals surface area contributed by atoms with Crippen LogP contribution in [0.15, 0.2) is 59.4 Å². The lowest BCUT2D eigenvalue weighted by atomic mass is 9.94. The van der Waals surface area contributed by atoms with Crippen molar-refractivity contribution in [3.8, 4) is 11.4 Å². The van der Waals surface area contributed by atoms with Crippen LogP contribution < -0.4 is 11.3 Å². The van der Waals surface area contributed by atoms with Crippen LogP contribution in [0.1, 0.15) is 42.1 Å². The van der Waals surface area contributed by atoms with Gasteiger partial charge in [0.1, 0.15) is 11.6 Å². The smallest absolute Gasteiger partial charge is 0.251 e. The molecular weight excluding hydrogens is 367 g/mol. The Morgan fingerprint density at radius 1 is 1.10 bits per heavy atom. The predicted molar refractivity (Wildman–Crippen MR) is 112 cm³/mol. The van der Waals surface area contributed by atoms with Gasteiger partial charge < -0.3 is 10.7 Å². The van der Waals surface area contributed by atoms with E-state index in [2.05, 4.69) is 27.0 Å². The second-order valence-electron chi connectivity index (χ2n) is 7.52. The van der Waals surface area contributed by atoms with Crippen molar-refractivity contribution in [2.75, 3.05) is 6.54 Å². The average Bonchev–Trinajstić information content (AvgIpc) is 2.75. The van der Waals surface area contributed by atoms with Crippen LogP contribution in [0.25, 0.3) is 11.4 Å². The minimum Gasteiger partial charge on any atom is -0.325 e. The Labute approximate surface area is 169 Å². The van der Waals surface area contributed by atoms with Crippen molar-refractivity contribution >= 4 is 0 Å². The Balaban J connectivity index is 1.52. The summed E-state index contributed by atoms with van der Waals surface area (Å²) < 4.78 is 13.3. The van der Waals surface area contributed by atoms with Crippen molar-refractivity contribution in [3.05, 3.63) is 87.6 Å². The van der Waals surface area contributed by atoms with Gasteiger partial charge in [0.05, 0.1) is 5.69 Å². The molecule has 2 heterocycles. The molecule has 3 N–H and O–H groups in total. The van der Waals surface area contributed by atoms with Gasteiger partial charge in [-0.15, -0.1) is 0 Å². The Bertz CT molecular complexity index is 1010. The number of halogens is 1. The number of nitrogens with zero attached hydrogens (tertiary/aromatic N) is 2. The number of likely N-dealkylation sites (tertiary alicyclic amines) is 1. The van der Waals surface area contributed by atoms with Crippen molar-refractivity contribution in [3.63, 3.8) is 0 Å². The molecule has 1 aliphatic heterocycles. The molecule has 1 atom stereocenters. The molecule has 3 aromatic rings. The summed E-state index contributed by atoms with van der Waals surface area (Å²) in [6.07, 6.45) is 3.45. The van der Waals surface area contributed by atoms with E-state index in [-0.39, 0.29) is 17.9 Å². The minimum atomic E-state index is -0.199. The number of hydrogen-bond donors (Lipinski definition) is 2. The van der Waals surface area contributed by atoms with E-state index < -0.39 is 0 Å². The molecule has 1 saturated heterocycles. The second-order valence-corrected chi connectivity index (χ2v) is 7.52. The molecule has 1 fully saturated rings. The van der Waals surface area contributed by atoms with Crippen LogP contribution in [0, 0.1) is 5.82 Å². The molecule has 1 unspecified atom stereocenters. The van der Waals surface area contributed by atoms with E-state index in [1.165, 1.54) is 30.0 Å². The molecule has 1 aromatic heterocycles. The van der Waals surface area contributed by atoms with E-state index in [0.717, 1.165) is 25.1 Å². The fourth-order valence-electron chi connectivity index (χ4n) is 3.99. The van der Waals surface area contributed by atoms with E-state index in [1.54, 1.807) is 12.1 Å². The third kappa shape index (κ3) is 4.60. The van der Waals surface area contributed by atoms with Gasteiger partial charge in [-0.3, -0.25) is 9.69 Å². The van der Waals surface area contributed by atoms with E-state index in [4.69, 9.17) is 5.73 Å². The highest BCUT2D eigenvalue weighted by Crippen LogP contribution is 2.32. The maximum Gasteiger partial charge on any atom is 0.251 e. The molecule has 0 amide bonds. The first kappa shape index (κ1) is 19.5. The summed E-state index contributed by atoms with van der Waals surface area (Å²) in [7, 11) is 0. The second kappa shape index (κ2) is 8.68. The van der Waals surface area contributed by atoms with Gasteiger partial charge in [-0.25, -0.2) is 9.37 Å². The van der Waals surface area contributed by atoms with Crippen molar-refractivity contribution < 1.29 is 4.39 Å². The van der Waals surface area contributed by atoms with Gasteiger partial charge >= 0.3 is 0 Å². The number of nitrogens with one attached hydrogen (secondary N) is 1. The van der Waals surface area contributed by atoms with Crippen molar-refractivity contribution in [1.82, 2.24) is 14.9 Å². The fraction of sp³-hybridized carbons (Fsp3) is 0.304. The van der Waals surface area contributed by atoms with E-state index in [9.17, 15) is 9.18 Å². The largest absolute Gasteiger partial charge is 0.325 e. The molecule has 1 aliphatic rings. The van der Waals surface area contributed by atoms with Crippen molar-refractivity contribution in [2.45, 2.75) is 38.4 Å². The molecular formula is C23H25FN4O. The van der Waals surface area contributed by atoms with Gasteiger partial charge in [0.25, 0.3) is 5.56 Å². The third-order valence-corrected chi connectivity index (χ3v) is 5.49. The number of nitrogens with two attached hydrogens (primary N) is 1. The lowest BCUT2D eigenvalue weighted by Crippen LogP contribution is -2.32. The molecule has 0 aliphatic carbocycles. The fourth-order valence-corrected chi connectivity index (χ4v) is 3.99. The zero-order chi connectivity index (χ0) is 20.2. The van der Waals surface area contributed by atoms with Crippen molar-refractivity contribution in [2.24, 2.45) is 5.73 Å². The van der Waals surface area contributed by atoms with E-state index in [0.29, 0.717) is 17.6 Å². The molecule has 0 radical (unpaired) electrons. The zero-order valence-corrected chi connectivity index (χ0v) is 16.3. The summed E-state index contributed by atoms with van der Waals surface area (Å²) in [4.78, 5) is 21.4. The van der Waals surface area contributed by atoms with Gasteiger partial charge in [-0.2, -0.15) is 0 Å². The molecule has 29 heavy (non-hydrogen) atoms. The number of aromatic nitrogens is 2. The first-order chi connectivity index (χ1) is 14.1. The molecule has 4 rings (SSSR count). The van der Waals surface area contributed by atoms with E-state index >= 15 is 0 Å². The highest BCUT2D eigenvalue weighted by atomic mass is 19.1.